The van der Waals surface area contributed by atoms with Gasteiger partial charge in [-0.15, -0.1) is 0 Å². The van der Waals surface area contributed by atoms with Gasteiger partial charge in [0.05, 0.1) is 6.61 Å². The maximum Gasteiger partial charge on any atom is 0.339 e. The van der Waals surface area contributed by atoms with Crippen LogP contribution in [0.25, 0.3) is 0 Å². The summed E-state index contributed by atoms with van der Waals surface area (Å²) in [5.74, 6) is -1.40. The first kappa shape index (κ1) is 21.2. The lowest BCUT2D eigenvalue weighted by atomic mass is 10.1. The van der Waals surface area contributed by atoms with E-state index in [9.17, 15) is 14.7 Å². The van der Waals surface area contributed by atoms with E-state index in [0.29, 0.717) is 29.2 Å². The van der Waals surface area contributed by atoms with Gasteiger partial charge in [0.15, 0.2) is 5.11 Å². The Morgan fingerprint density at radius 3 is 2.64 bits per heavy atom. The number of aryl methyl sites for hydroxylation is 1. The molecule has 0 spiro atoms. The number of aromatic carboxylic acids is 1. The number of anilines is 1. The third-order valence-electron chi connectivity index (χ3n) is 3.88. The minimum atomic E-state index is -1.26. The molecule has 0 fully saturated rings. The zero-order chi connectivity index (χ0) is 20.7. The highest BCUT2D eigenvalue weighted by molar-refractivity contribution is 7.80. The van der Waals surface area contributed by atoms with E-state index in [-0.39, 0.29) is 16.4 Å². The first-order valence-electron chi connectivity index (χ1n) is 8.74. The largest absolute Gasteiger partial charge is 0.507 e. The van der Waals surface area contributed by atoms with Crippen molar-refractivity contribution in [2.75, 3.05) is 11.9 Å². The van der Waals surface area contributed by atoms with Crippen molar-refractivity contribution in [3.05, 3.63) is 53.1 Å². The number of rotatable bonds is 7. The van der Waals surface area contributed by atoms with Gasteiger partial charge in [-0.3, -0.25) is 10.1 Å². The lowest BCUT2D eigenvalue weighted by Crippen LogP contribution is -2.34. The van der Waals surface area contributed by atoms with Crippen LogP contribution in [0.15, 0.2) is 36.4 Å². The van der Waals surface area contributed by atoms with E-state index in [0.717, 1.165) is 12.8 Å². The highest BCUT2D eigenvalue weighted by Crippen LogP contribution is 2.26. The van der Waals surface area contributed by atoms with Gasteiger partial charge in [-0.2, -0.15) is 0 Å². The smallest absolute Gasteiger partial charge is 0.339 e. The molecule has 0 bridgehead atoms. The molecule has 0 unspecified atom stereocenters. The maximum atomic E-state index is 12.4. The van der Waals surface area contributed by atoms with Crippen molar-refractivity contribution in [2.24, 2.45) is 0 Å². The second kappa shape index (κ2) is 9.70. The Morgan fingerprint density at radius 1 is 1.21 bits per heavy atom. The SMILES string of the molecule is CCCCOc1cccc(C(=O)NC(=S)Nc2cc(C)c(O)c(C(=O)O)c2)c1. The minimum Gasteiger partial charge on any atom is -0.507 e. The lowest BCUT2D eigenvalue weighted by Gasteiger charge is -2.13. The number of nitrogens with one attached hydrogen (secondary N) is 2. The summed E-state index contributed by atoms with van der Waals surface area (Å²) in [4.78, 5) is 23.6. The fourth-order valence-electron chi connectivity index (χ4n) is 2.41. The molecule has 2 aromatic rings. The van der Waals surface area contributed by atoms with Crippen LogP contribution >= 0.6 is 12.2 Å². The molecule has 0 saturated carbocycles. The van der Waals surface area contributed by atoms with Gasteiger partial charge in [-0.25, -0.2) is 4.79 Å². The predicted molar refractivity (Wildman–Crippen MR) is 110 cm³/mol. The zero-order valence-corrected chi connectivity index (χ0v) is 16.4. The molecule has 2 aromatic carbocycles. The van der Waals surface area contributed by atoms with Crippen LogP contribution in [-0.4, -0.2) is 33.8 Å². The number of carbonyl (C=O) groups is 2. The second-order valence-electron chi connectivity index (χ2n) is 6.13. The molecular formula is C20H22N2O5S. The van der Waals surface area contributed by atoms with Crippen LogP contribution in [0.3, 0.4) is 0 Å². The fourth-order valence-corrected chi connectivity index (χ4v) is 2.62. The normalized spacial score (nSPS) is 10.2. The van der Waals surface area contributed by atoms with Crippen molar-refractivity contribution < 1.29 is 24.5 Å². The number of phenols is 1. The third-order valence-corrected chi connectivity index (χ3v) is 4.08. The summed E-state index contributed by atoms with van der Waals surface area (Å²) in [5, 5.41) is 24.2. The Morgan fingerprint density at radius 2 is 1.96 bits per heavy atom. The van der Waals surface area contributed by atoms with E-state index in [1.165, 1.54) is 12.1 Å². The number of carboxylic acids is 1. The Labute approximate surface area is 168 Å². The van der Waals surface area contributed by atoms with E-state index < -0.39 is 11.9 Å². The number of ether oxygens (including phenoxy) is 1. The summed E-state index contributed by atoms with van der Waals surface area (Å²) in [5.41, 5.74) is 0.836. The van der Waals surface area contributed by atoms with Gasteiger partial charge in [-0.1, -0.05) is 19.4 Å². The number of aromatic hydroxyl groups is 1. The van der Waals surface area contributed by atoms with Gasteiger partial charge >= 0.3 is 5.97 Å². The molecule has 2 rings (SSSR count). The van der Waals surface area contributed by atoms with Gasteiger partial charge in [0.1, 0.15) is 17.1 Å². The second-order valence-corrected chi connectivity index (χ2v) is 6.54. The molecule has 0 radical (unpaired) electrons. The molecule has 0 saturated heterocycles. The summed E-state index contributed by atoms with van der Waals surface area (Å²) < 4.78 is 5.59. The third kappa shape index (κ3) is 5.68. The Balaban J connectivity index is 2.04. The van der Waals surface area contributed by atoms with Crippen LogP contribution in [0.5, 0.6) is 11.5 Å². The van der Waals surface area contributed by atoms with E-state index in [2.05, 4.69) is 17.6 Å². The molecule has 7 nitrogen and oxygen atoms in total. The molecule has 0 heterocycles. The lowest BCUT2D eigenvalue weighted by molar-refractivity contribution is 0.0693. The van der Waals surface area contributed by atoms with E-state index in [1.54, 1.807) is 31.2 Å². The van der Waals surface area contributed by atoms with Crippen molar-refractivity contribution in [1.82, 2.24) is 5.32 Å². The minimum absolute atomic E-state index is 0.00346. The number of amides is 1. The van der Waals surface area contributed by atoms with Crippen LogP contribution in [0, 0.1) is 6.92 Å². The number of benzene rings is 2. The quantitative estimate of drug-likeness (QED) is 0.318. The monoisotopic (exact) mass is 402 g/mol. The average Bonchev–Trinajstić information content (AvgIpc) is 2.64. The van der Waals surface area contributed by atoms with Gasteiger partial charge in [0.25, 0.3) is 5.91 Å². The molecule has 0 aromatic heterocycles. The summed E-state index contributed by atoms with van der Waals surface area (Å²) in [6.45, 7) is 4.21. The summed E-state index contributed by atoms with van der Waals surface area (Å²) >= 11 is 5.13. The Bertz CT molecular complexity index is 898. The summed E-state index contributed by atoms with van der Waals surface area (Å²) in [7, 11) is 0. The highest BCUT2D eigenvalue weighted by Gasteiger charge is 2.15. The predicted octanol–water partition coefficient (Wildman–Crippen LogP) is 3.70. The van der Waals surface area contributed by atoms with Gasteiger partial charge < -0.3 is 20.3 Å². The maximum absolute atomic E-state index is 12.4. The van der Waals surface area contributed by atoms with Gasteiger partial charge in [0, 0.05) is 11.3 Å². The standard InChI is InChI=1S/C20H22N2O5S/c1-3-4-8-27-15-7-5-6-13(10-15)18(24)22-20(28)21-14-9-12(2)17(23)16(11-14)19(25)26/h5-7,9-11,23H,3-4,8H2,1-2H3,(H,25,26)(H2,21,22,24,28). The molecule has 28 heavy (non-hydrogen) atoms. The van der Waals surface area contributed by atoms with Gasteiger partial charge in [-0.05, 0) is 61.5 Å². The average molecular weight is 402 g/mol. The molecule has 148 valence electrons. The van der Waals surface area contributed by atoms with E-state index >= 15 is 0 Å². The van der Waals surface area contributed by atoms with Crippen LogP contribution in [0.1, 0.15) is 46.0 Å². The topological polar surface area (TPSA) is 108 Å². The number of thiocarbonyl (C=S) groups is 1. The Kier molecular flexibility index (Phi) is 7.34. The van der Waals surface area contributed by atoms with E-state index in [1.807, 2.05) is 0 Å². The number of carbonyl (C=O) groups excluding carboxylic acids is 1. The van der Waals surface area contributed by atoms with Crippen molar-refractivity contribution in [2.45, 2.75) is 26.7 Å². The highest BCUT2D eigenvalue weighted by atomic mass is 32.1. The number of hydrogen-bond donors (Lipinski definition) is 4. The molecule has 0 aliphatic rings. The number of unbranched alkanes of at least 4 members (excludes halogenated alkanes) is 1. The molecule has 4 N–H and O–H groups in total. The van der Waals surface area contributed by atoms with Crippen molar-refractivity contribution in [1.29, 1.82) is 0 Å². The van der Waals surface area contributed by atoms with Crippen LogP contribution < -0.4 is 15.4 Å². The summed E-state index contributed by atoms with van der Waals surface area (Å²) in [6.07, 6.45) is 1.94. The van der Waals surface area contributed by atoms with Crippen molar-refractivity contribution in [3.8, 4) is 11.5 Å². The first-order valence-corrected chi connectivity index (χ1v) is 9.14. The first-order chi connectivity index (χ1) is 13.3. The van der Waals surface area contributed by atoms with E-state index in [4.69, 9.17) is 22.1 Å². The molecule has 8 heteroatoms. The van der Waals surface area contributed by atoms with Crippen molar-refractivity contribution >= 4 is 34.9 Å². The van der Waals surface area contributed by atoms with Gasteiger partial charge in [0.2, 0.25) is 0 Å². The number of hydrogen-bond acceptors (Lipinski definition) is 5. The number of carboxylic acid groups (broad SMARTS) is 1. The summed E-state index contributed by atoms with van der Waals surface area (Å²) in [6, 6.07) is 9.53. The zero-order valence-electron chi connectivity index (χ0n) is 15.6. The van der Waals surface area contributed by atoms with Crippen molar-refractivity contribution in [3.63, 3.8) is 0 Å². The molecule has 0 atom stereocenters. The molecule has 0 aliphatic carbocycles. The van der Waals surface area contributed by atoms with Crippen LogP contribution in [0.2, 0.25) is 0 Å². The molecular weight excluding hydrogens is 380 g/mol. The molecule has 0 aliphatic heterocycles. The molecule has 1 amide bonds. The van der Waals surface area contributed by atoms with Crippen LogP contribution in [0.4, 0.5) is 5.69 Å². The fraction of sp³-hybridized carbons (Fsp3) is 0.250. The van der Waals surface area contributed by atoms with Crippen LogP contribution in [-0.2, 0) is 0 Å². The Hall–Kier alpha value is -3.13.